The first kappa shape index (κ1) is 15.0. The molecule has 6 nitrogen and oxygen atoms in total. The third kappa shape index (κ3) is 2.10. The number of halogens is 2. The molecule has 22 heavy (non-hydrogen) atoms. The van der Waals surface area contributed by atoms with Crippen molar-refractivity contribution in [1.82, 2.24) is 9.88 Å². The Bertz CT molecular complexity index is 895. The Morgan fingerprint density at radius 1 is 1.05 bits per heavy atom. The number of amides is 2. The van der Waals surface area contributed by atoms with E-state index in [2.05, 4.69) is 37.2 Å². The molecule has 0 atom stereocenters. The summed E-state index contributed by atoms with van der Waals surface area (Å²) in [6.45, 7) is 1.90. The summed E-state index contributed by atoms with van der Waals surface area (Å²) in [7, 11) is 0. The van der Waals surface area contributed by atoms with Crippen molar-refractivity contribution in [3.63, 3.8) is 0 Å². The summed E-state index contributed by atoms with van der Waals surface area (Å²) in [6.07, 6.45) is 0. The molecule has 3 rings (SSSR count). The smallest absolute Gasteiger partial charge is 0.262 e. The zero-order chi connectivity index (χ0) is 16.2. The molecule has 2 amide bonds. The second-order valence-electron chi connectivity index (χ2n) is 4.85. The number of fused-ring (bicyclic) bond motifs is 1. The number of hydrogen-bond acceptors (Lipinski definition) is 4. The predicted octanol–water partition coefficient (Wildman–Crippen LogP) is 2.14. The van der Waals surface area contributed by atoms with E-state index in [1.807, 2.05) is 19.1 Å². The first-order valence-electron chi connectivity index (χ1n) is 6.18. The molecule has 1 aliphatic rings. The molecule has 0 unspecified atom stereocenters. The average molecular weight is 427 g/mol. The molecule has 0 saturated carbocycles. The van der Waals surface area contributed by atoms with Gasteiger partial charge in [-0.3, -0.25) is 24.3 Å². The highest BCUT2D eigenvalue weighted by atomic mass is 79.9. The molecular weight excluding hydrogens is 418 g/mol. The van der Waals surface area contributed by atoms with Gasteiger partial charge in [-0.05, 0) is 56.5 Å². The third-order valence-corrected chi connectivity index (χ3v) is 4.55. The van der Waals surface area contributed by atoms with Crippen LogP contribution in [0.15, 0.2) is 31.9 Å². The summed E-state index contributed by atoms with van der Waals surface area (Å²) < 4.78 is 2.47. The summed E-state index contributed by atoms with van der Waals surface area (Å²) >= 11 is 6.80. The number of benzene rings is 1. The summed E-state index contributed by atoms with van der Waals surface area (Å²) in [5, 5.41) is 2.13. The van der Waals surface area contributed by atoms with Gasteiger partial charge in [0.05, 0.1) is 16.8 Å². The Morgan fingerprint density at radius 2 is 1.64 bits per heavy atom. The Kier molecular flexibility index (Phi) is 3.45. The number of aryl methyl sites for hydroxylation is 1. The zero-order valence-electron chi connectivity index (χ0n) is 11.2. The van der Waals surface area contributed by atoms with Gasteiger partial charge < -0.3 is 5.73 Å². The molecule has 3 N–H and O–H groups in total. The van der Waals surface area contributed by atoms with E-state index >= 15 is 0 Å². The highest BCUT2D eigenvalue weighted by molar-refractivity contribution is 9.11. The van der Waals surface area contributed by atoms with Gasteiger partial charge in [0.2, 0.25) is 0 Å². The number of nitrogens with zero attached hydrogens (tertiary/aromatic N) is 1. The lowest BCUT2D eigenvalue weighted by molar-refractivity contribution is 0.0880. The predicted molar refractivity (Wildman–Crippen MR) is 88.4 cm³/mol. The molecule has 112 valence electrons. The topological polar surface area (TPSA) is 94.2 Å². The van der Waals surface area contributed by atoms with Crippen LogP contribution in [0.3, 0.4) is 0 Å². The van der Waals surface area contributed by atoms with Crippen LogP contribution in [0.25, 0.3) is 5.69 Å². The largest absolute Gasteiger partial charge is 0.384 e. The van der Waals surface area contributed by atoms with Crippen molar-refractivity contribution >= 4 is 49.5 Å². The lowest BCUT2D eigenvalue weighted by Crippen LogP contribution is -2.24. The number of carbonyl (C=O) groups excluding carboxylic acids is 2. The molecule has 1 aromatic heterocycles. The van der Waals surface area contributed by atoms with Gasteiger partial charge in [-0.1, -0.05) is 0 Å². The molecule has 0 radical (unpaired) electrons. The fourth-order valence-electron chi connectivity index (χ4n) is 2.42. The number of nitrogens with two attached hydrogens (primary N) is 1. The Balaban J connectivity index is 2.40. The van der Waals surface area contributed by atoms with Crippen LogP contribution in [-0.2, 0) is 0 Å². The van der Waals surface area contributed by atoms with Crippen molar-refractivity contribution in [3.05, 3.63) is 54.2 Å². The number of nitrogens with one attached hydrogen (secondary N) is 1. The molecule has 2 heterocycles. The van der Waals surface area contributed by atoms with Crippen LogP contribution < -0.4 is 16.6 Å². The van der Waals surface area contributed by atoms with Crippen molar-refractivity contribution in [1.29, 1.82) is 0 Å². The quantitative estimate of drug-likeness (QED) is 0.683. The van der Waals surface area contributed by atoms with Gasteiger partial charge in [0, 0.05) is 15.0 Å². The standard InChI is InChI=1S/C14H9Br2N3O3/c1-5-2-7(15)11(8(16)3-5)19-9(20)4-6-10(12(19)17)14(22)18-13(6)21/h2-4H,17H2,1H3,(H,18,21,22). The maximum atomic E-state index is 12.4. The van der Waals surface area contributed by atoms with Gasteiger partial charge >= 0.3 is 0 Å². The van der Waals surface area contributed by atoms with Crippen LogP contribution in [0.4, 0.5) is 5.82 Å². The van der Waals surface area contributed by atoms with Gasteiger partial charge in [0.1, 0.15) is 5.82 Å². The average Bonchev–Trinajstić information content (AvgIpc) is 2.67. The first-order chi connectivity index (χ1) is 10.3. The van der Waals surface area contributed by atoms with E-state index in [-0.39, 0.29) is 16.9 Å². The summed E-state index contributed by atoms with van der Waals surface area (Å²) in [6, 6.07) is 4.76. The first-order valence-corrected chi connectivity index (χ1v) is 7.77. The van der Waals surface area contributed by atoms with Crippen molar-refractivity contribution < 1.29 is 9.59 Å². The number of aromatic nitrogens is 1. The van der Waals surface area contributed by atoms with Gasteiger partial charge in [-0.2, -0.15) is 0 Å². The molecular formula is C14H9Br2N3O3. The molecule has 0 fully saturated rings. The number of anilines is 1. The molecule has 2 aromatic rings. The maximum absolute atomic E-state index is 12.4. The van der Waals surface area contributed by atoms with E-state index in [0.717, 1.165) is 11.6 Å². The van der Waals surface area contributed by atoms with Crippen LogP contribution in [0.1, 0.15) is 26.3 Å². The molecule has 8 heteroatoms. The summed E-state index contributed by atoms with van der Waals surface area (Å²) in [4.78, 5) is 35.9. The zero-order valence-corrected chi connectivity index (χ0v) is 14.4. The van der Waals surface area contributed by atoms with E-state index in [1.54, 1.807) is 0 Å². The van der Waals surface area contributed by atoms with E-state index in [4.69, 9.17) is 5.73 Å². The van der Waals surface area contributed by atoms with E-state index in [1.165, 1.54) is 4.57 Å². The summed E-state index contributed by atoms with van der Waals surface area (Å²) in [5.74, 6) is -1.29. The minimum Gasteiger partial charge on any atom is -0.384 e. The molecule has 0 saturated heterocycles. The number of pyridine rings is 1. The lowest BCUT2D eigenvalue weighted by atomic mass is 10.1. The fraction of sp³-hybridized carbons (Fsp3) is 0.0714. The van der Waals surface area contributed by atoms with Crippen molar-refractivity contribution in [2.75, 3.05) is 5.73 Å². The molecule has 0 bridgehead atoms. The van der Waals surface area contributed by atoms with Gasteiger partial charge in [0.15, 0.2) is 0 Å². The number of nitrogen functional groups attached to an aromatic ring is 1. The number of hydrogen-bond donors (Lipinski definition) is 2. The van der Waals surface area contributed by atoms with Gasteiger partial charge in [0.25, 0.3) is 17.4 Å². The van der Waals surface area contributed by atoms with Crippen LogP contribution >= 0.6 is 31.9 Å². The molecule has 1 aliphatic heterocycles. The Hall–Kier alpha value is -1.93. The Labute approximate surface area is 141 Å². The van der Waals surface area contributed by atoms with Gasteiger partial charge in [-0.25, -0.2) is 0 Å². The minimum atomic E-state index is -0.613. The number of carbonyl (C=O) groups is 2. The van der Waals surface area contributed by atoms with Crippen molar-refractivity contribution in [3.8, 4) is 5.69 Å². The molecule has 0 aliphatic carbocycles. The third-order valence-electron chi connectivity index (χ3n) is 3.34. The van der Waals surface area contributed by atoms with E-state index in [9.17, 15) is 14.4 Å². The van der Waals surface area contributed by atoms with Gasteiger partial charge in [-0.15, -0.1) is 0 Å². The second kappa shape index (κ2) is 5.06. The maximum Gasteiger partial charge on any atom is 0.262 e. The SMILES string of the molecule is Cc1cc(Br)c(-n2c(N)c3c(cc2=O)C(=O)NC3=O)c(Br)c1. The van der Waals surface area contributed by atoms with Crippen LogP contribution in [-0.4, -0.2) is 16.4 Å². The monoisotopic (exact) mass is 425 g/mol. The Morgan fingerprint density at radius 3 is 2.23 bits per heavy atom. The van der Waals surface area contributed by atoms with Crippen LogP contribution in [0.5, 0.6) is 0 Å². The molecule has 0 spiro atoms. The summed E-state index contributed by atoms with van der Waals surface area (Å²) in [5.41, 5.74) is 6.98. The van der Waals surface area contributed by atoms with E-state index in [0.29, 0.717) is 14.6 Å². The van der Waals surface area contributed by atoms with Crippen LogP contribution in [0.2, 0.25) is 0 Å². The second-order valence-corrected chi connectivity index (χ2v) is 6.56. The molecule has 1 aromatic carbocycles. The number of imide groups is 1. The minimum absolute atomic E-state index is 0.00288. The van der Waals surface area contributed by atoms with Crippen molar-refractivity contribution in [2.24, 2.45) is 0 Å². The van der Waals surface area contributed by atoms with Crippen LogP contribution in [0, 0.1) is 6.92 Å². The lowest BCUT2D eigenvalue weighted by Gasteiger charge is -2.15. The fourth-order valence-corrected chi connectivity index (χ4v) is 4.19. The van der Waals surface area contributed by atoms with E-state index < -0.39 is 17.4 Å². The van der Waals surface area contributed by atoms with Crippen molar-refractivity contribution in [2.45, 2.75) is 6.92 Å². The normalized spacial score (nSPS) is 13.2. The highest BCUT2D eigenvalue weighted by Crippen LogP contribution is 2.33. The number of rotatable bonds is 1. The highest BCUT2D eigenvalue weighted by Gasteiger charge is 2.32.